The van der Waals surface area contributed by atoms with Gasteiger partial charge < -0.3 is 30.1 Å². The Bertz CT molecular complexity index is 1440. The minimum Gasteiger partial charge on any atom is -0.493 e. The van der Waals surface area contributed by atoms with E-state index in [1.807, 2.05) is 6.92 Å². The predicted molar refractivity (Wildman–Crippen MR) is 156 cm³/mol. The molecule has 2 heterocycles. The Kier molecular flexibility index (Phi) is 9.42. The molecule has 11 heteroatoms. The van der Waals surface area contributed by atoms with Gasteiger partial charge in [-0.3, -0.25) is 14.4 Å². The molecule has 2 atom stereocenters. The van der Waals surface area contributed by atoms with Crippen LogP contribution in [0.3, 0.4) is 0 Å². The molecule has 1 saturated heterocycles. The van der Waals surface area contributed by atoms with Crippen molar-refractivity contribution in [2.45, 2.75) is 64.3 Å². The summed E-state index contributed by atoms with van der Waals surface area (Å²) < 4.78 is 41.3. The number of amides is 2. The number of nitrogens with two attached hydrogens (primary N) is 1. The first-order valence-electron chi connectivity index (χ1n) is 14.2. The normalized spacial score (nSPS) is 23.4. The lowest BCUT2D eigenvalue weighted by Crippen LogP contribution is -2.53. The van der Waals surface area contributed by atoms with E-state index in [4.69, 9.17) is 20.3 Å². The minimum absolute atomic E-state index is 0.0247. The Morgan fingerprint density at radius 3 is 2.63 bits per heavy atom. The Balaban J connectivity index is 1.49. The van der Waals surface area contributed by atoms with Crippen molar-refractivity contribution in [3.8, 4) is 0 Å². The number of carboxylic acids is 1. The quantitative estimate of drug-likeness (QED) is 0.391. The predicted octanol–water partition coefficient (Wildman–Crippen LogP) is 4.83. The van der Waals surface area contributed by atoms with E-state index in [2.05, 4.69) is 6.58 Å². The second-order valence-corrected chi connectivity index (χ2v) is 11.1. The third-order valence-electron chi connectivity index (χ3n) is 7.69. The molecule has 4 rings (SSSR count). The molecule has 3 aliphatic rings. The third kappa shape index (κ3) is 7.15. The van der Waals surface area contributed by atoms with Crippen LogP contribution in [0.4, 0.5) is 8.78 Å². The van der Waals surface area contributed by atoms with E-state index >= 15 is 4.39 Å². The van der Waals surface area contributed by atoms with Gasteiger partial charge in [-0.1, -0.05) is 18.7 Å². The largest absolute Gasteiger partial charge is 0.493 e. The SMILES string of the molecule is C=C/C(C)=C\C1=C(N)O[C@@H](C)C(=O)N1C1CCN(C(=O)c2ccc(C3=CC(C)(F)CC=C3OCCC(=O)O)cc2F)CC1. The van der Waals surface area contributed by atoms with E-state index in [1.54, 1.807) is 28.9 Å². The molecule has 1 aromatic rings. The van der Waals surface area contributed by atoms with Crippen molar-refractivity contribution in [3.05, 3.63) is 88.9 Å². The number of nitrogens with zero attached hydrogens (tertiary/aromatic N) is 2. The molecule has 0 saturated carbocycles. The van der Waals surface area contributed by atoms with Gasteiger partial charge >= 0.3 is 5.97 Å². The highest BCUT2D eigenvalue weighted by Crippen LogP contribution is 2.36. The molecule has 1 unspecified atom stereocenters. The van der Waals surface area contributed by atoms with Gasteiger partial charge in [0.15, 0.2) is 6.10 Å². The second kappa shape index (κ2) is 12.8. The Morgan fingerprint density at radius 2 is 2.00 bits per heavy atom. The van der Waals surface area contributed by atoms with Crippen LogP contribution in [0.25, 0.3) is 5.57 Å². The highest BCUT2D eigenvalue weighted by atomic mass is 19.1. The van der Waals surface area contributed by atoms with Crippen LogP contribution in [-0.2, 0) is 19.1 Å². The van der Waals surface area contributed by atoms with Crippen molar-refractivity contribution in [2.75, 3.05) is 19.7 Å². The van der Waals surface area contributed by atoms with Gasteiger partial charge in [0, 0.05) is 31.1 Å². The number of alkyl halides is 1. The first-order valence-corrected chi connectivity index (χ1v) is 14.2. The summed E-state index contributed by atoms with van der Waals surface area (Å²) in [5.74, 6) is -2.14. The number of allylic oxidation sites excluding steroid dienone is 6. The van der Waals surface area contributed by atoms with Crippen LogP contribution in [0.2, 0.25) is 0 Å². The molecule has 0 radical (unpaired) electrons. The minimum atomic E-state index is -1.70. The molecule has 3 N–H and O–H groups in total. The topological polar surface area (TPSA) is 122 Å². The van der Waals surface area contributed by atoms with Gasteiger partial charge in [-0.2, -0.15) is 0 Å². The fraction of sp³-hybridized carbons (Fsp3) is 0.406. The summed E-state index contributed by atoms with van der Waals surface area (Å²) in [5.41, 5.74) is 6.15. The average molecular weight is 598 g/mol. The number of hydrogen-bond acceptors (Lipinski definition) is 6. The number of carbonyl (C=O) groups excluding carboxylic acids is 2. The molecule has 2 aliphatic heterocycles. The van der Waals surface area contributed by atoms with Crippen molar-refractivity contribution in [2.24, 2.45) is 5.73 Å². The molecule has 1 aromatic carbocycles. The number of ether oxygens (including phenoxy) is 2. The van der Waals surface area contributed by atoms with Gasteiger partial charge in [-0.25, -0.2) is 8.78 Å². The van der Waals surface area contributed by atoms with Crippen molar-refractivity contribution in [1.29, 1.82) is 0 Å². The highest BCUT2D eigenvalue weighted by molar-refractivity contribution is 5.95. The van der Waals surface area contributed by atoms with Crippen LogP contribution in [0.5, 0.6) is 0 Å². The van der Waals surface area contributed by atoms with Gasteiger partial charge in [0.2, 0.25) is 5.88 Å². The molecule has 0 aromatic heterocycles. The summed E-state index contributed by atoms with van der Waals surface area (Å²) in [5, 5.41) is 8.91. The lowest BCUT2D eigenvalue weighted by molar-refractivity contribution is -0.144. The van der Waals surface area contributed by atoms with Crippen LogP contribution in [0.1, 0.15) is 62.4 Å². The number of rotatable bonds is 9. The molecule has 0 spiro atoms. The van der Waals surface area contributed by atoms with Gasteiger partial charge in [0.1, 0.15) is 22.9 Å². The summed E-state index contributed by atoms with van der Waals surface area (Å²) >= 11 is 0. The first kappa shape index (κ1) is 31.5. The second-order valence-electron chi connectivity index (χ2n) is 11.1. The Hall–Kier alpha value is -4.41. The summed E-state index contributed by atoms with van der Waals surface area (Å²) in [6, 6.07) is 3.80. The maximum Gasteiger partial charge on any atom is 0.306 e. The van der Waals surface area contributed by atoms with Gasteiger partial charge in [-0.05, 0) is 75.1 Å². The number of aliphatic carboxylic acids is 1. The van der Waals surface area contributed by atoms with Gasteiger partial charge in [-0.15, -0.1) is 0 Å². The fourth-order valence-corrected chi connectivity index (χ4v) is 5.32. The van der Waals surface area contributed by atoms with E-state index in [9.17, 15) is 18.8 Å². The van der Waals surface area contributed by atoms with Crippen LogP contribution < -0.4 is 5.73 Å². The molecule has 43 heavy (non-hydrogen) atoms. The molecule has 1 aliphatic carbocycles. The summed E-state index contributed by atoms with van der Waals surface area (Å²) in [7, 11) is 0. The number of hydrogen-bond donors (Lipinski definition) is 2. The molecule has 2 amide bonds. The smallest absolute Gasteiger partial charge is 0.306 e. The molecule has 9 nitrogen and oxygen atoms in total. The van der Waals surface area contributed by atoms with Crippen molar-refractivity contribution in [1.82, 2.24) is 9.80 Å². The maximum absolute atomic E-state index is 15.4. The highest BCUT2D eigenvalue weighted by Gasteiger charge is 2.39. The zero-order valence-electron chi connectivity index (χ0n) is 24.6. The van der Waals surface area contributed by atoms with Crippen molar-refractivity contribution >= 4 is 23.4 Å². The molecule has 230 valence electrons. The van der Waals surface area contributed by atoms with E-state index in [-0.39, 0.29) is 67.3 Å². The molecule has 0 bridgehead atoms. The standard InChI is InChI=1S/C32H37F2N3O6/c1-5-19(2)16-26-29(35)43-20(3)30(40)37(26)22-9-13-36(14-10-22)31(41)23-7-6-21(17-25(23)33)24-18-32(4,34)12-8-27(24)42-15-11-28(38)39/h5-8,16-18,20,22H,1,9-15,35H2,2-4H3,(H,38,39)/b19-16-/t20-,32?/m0/s1. The zero-order valence-corrected chi connectivity index (χ0v) is 24.6. The molecular formula is C32H37F2N3O6. The zero-order chi connectivity index (χ0) is 31.5. The van der Waals surface area contributed by atoms with E-state index in [1.165, 1.54) is 31.2 Å². The maximum atomic E-state index is 15.4. The molecular weight excluding hydrogens is 560 g/mol. The monoisotopic (exact) mass is 597 g/mol. The van der Waals surface area contributed by atoms with Crippen molar-refractivity contribution in [3.63, 3.8) is 0 Å². The number of carbonyl (C=O) groups is 3. The van der Waals surface area contributed by atoms with E-state index in [0.29, 0.717) is 24.1 Å². The number of piperidine rings is 1. The third-order valence-corrected chi connectivity index (χ3v) is 7.69. The van der Waals surface area contributed by atoms with Gasteiger partial charge in [0.05, 0.1) is 18.6 Å². The fourth-order valence-electron chi connectivity index (χ4n) is 5.32. The van der Waals surface area contributed by atoms with Crippen LogP contribution in [0, 0.1) is 5.82 Å². The molecule has 1 fully saturated rings. The lowest BCUT2D eigenvalue weighted by atomic mass is 9.89. The first-order chi connectivity index (χ1) is 20.3. The van der Waals surface area contributed by atoms with Crippen LogP contribution in [-0.4, -0.2) is 70.2 Å². The van der Waals surface area contributed by atoms with E-state index < -0.39 is 29.5 Å². The number of likely N-dealkylation sites (tertiary alicyclic amines) is 1. The Morgan fingerprint density at radius 1 is 1.30 bits per heavy atom. The number of benzene rings is 1. The summed E-state index contributed by atoms with van der Waals surface area (Å²) in [6.45, 7) is 9.04. The number of halogens is 2. The average Bonchev–Trinajstić information content (AvgIpc) is 2.96. The van der Waals surface area contributed by atoms with Crippen LogP contribution in [0.15, 0.2) is 72.0 Å². The van der Waals surface area contributed by atoms with Gasteiger partial charge in [0.25, 0.3) is 11.8 Å². The summed E-state index contributed by atoms with van der Waals surface area (Å²) in [4.78, 5) is 40.5. The number of carboxylic acid groups (broad SMARTS) is 1. The van der Waals surface area contributed by atoms with E-state index in [0.717, 1.165) is 11.6 Å². The summed E-state index contributed by atoms with van der Waals surface area (Å²) in [6.07, 6.45) is 6.15. The Labute approximate surface area is 249 Å². The van der Waals surface area contributed by atoms with Crippen LogP contribution >= 0.6 is 0 Å². The van der Waals surface area contributed by atoms with Crippen molar-refractivity contribution < 1.29 is 37.7 Å². The lowest BCUT2D eigenvalue weighted by Gasteiger charge is -2.42.